The van der Waals surface area contributed by atoms with Gasteiger partial charge in [0.2, 0.25) is 0 Å². The number of nitrogens with zero attached hydrogens (tertiary/aromatic N) is 3. The zero-order chi connectivity index (χ0) is 13.5. The molecular weight excluding hydrogens is 256 g/mol. The molecule has 0 bridgehead atoms. The highest BCUT2D eigenvalue weighted by atomic mass is 32.2. The van der Waals surface area contributed by atoms with E-state index >= 15 is 0 Å². The number of nitriles is 1. The molecule has 1 heterocycles. The fraction of sp³-hybridized carbons (Fsp3) is 0.0714. The third kappa shape index (κ3) is 3.83. The van der Waals surface area contributed by atoms with E-state index in [1.165, 1.54) is 18.0 Å². The molecule has 0 spiro atoms. The first kappa shape index (κ1) is 13.1. The van der Waals surface area contributed by atoms with Crippen molar-refractivity contribution in [1.82, 2.24) is 9.97 Å². The van der Waals surface area contributed by atoms with Crippen LogP contribution in [0.3, 0.4) is 0 Å². The molecule has 0 saturated carbocycles. The Morgan fingerprint density at radius 2 is 2.11 bits per heavy atom. The minimum atomic E-state index is 0.229. The molecule has 94 valence electrons. The number of anilines is 1. The average molecular weight is 268 g/mol. The van der Waals surface area contributed by atoms with Crippen molar-refractivity contribution < 1.29 is 0 Å². The van der Waals surface area contributed by atoms with Gasteiger partial charge in [-0.3, -0.25) is 0 Å². The summed E-state index contributed by atoms with van der Waals surface area (Å²) >= 11 is 1.47. The standard InChI is InChI=1S/C14H12N4S/c15-9-12-10-17-14(18-13(12)16)19-8-4-7-11-5-2-1-3-6-11/h1-7,10H,8H2,(H2,16,17,18). The Balaban J connectivity index is 1.91. The molecule has 2 N–H and O–H groups in total. The first-order valence-corrected chi connectivity index (χ1v) is 6.65. The highest BCUT2D eigenvalue weighted by Gasteiger charge is 2.02. The smallest absolute Gasteiger partial charge is 0.189 e. The molecule has 0 aliphatic carbocycles. The molecule has 19 heavy (non-hydrogen) atoms. The van der Waals surface area contributed by atoms with Crippen molar-refractivity contribution in [3.63, 3.8) is 0 Å². The molecule has 0 radical (unpaired) electrons. The molecule has 0 aliphatic rings. The number of nitrogens with two attached hydrogens (primary N) is 1. The maximum Gasteiger partial charge on any atom is 0.189 e. The van der Waals surface area contributed by atoms with Gasteiger partial charge in [-0.1, -0.05) is 54.2 Å². The monoisotopic (exact) mass is 268 g/mol. The van der Waals surface area contributed by atoms with Gasteiger partial charge in [0.25, 0.3) is 0 Å². The first-order valence-electron chi connectivity index (χ1n) is 5.66. The van der Waals surface area contributed by atoms with E-state index in [1.807, 2.05) is 48.6 Å². The highest BCUT2D eigenvalue weighted by Crippen LogP contribution is 2.16. The summed E-state index contributed by atoms with van der Waals surface area (Å²) in [6.07, 6.45) is 5.53. The number of hydrogen-bond donors (Lipinski definition) is 1. The van der Waals surface area contributed by atoms with Crippen molar-refractivity contribution >= 4 is 23.7 Å². The van der Waals surface area contributed by atoms with Crippen molar-refractivity contribution in [2.45, 2.75) is 5.16 Å². The van der Waals surface area contributed by atoms with Gasteiger partial charge in [0.1, 0.15) is 17.5 Å². The van der Waals surface area contributed by atoms with E-state index in [1.54, 1.807) is 0 Å². The normalized spacial score (nSPS) is 10.5. The van der Waals surface area contributed by atoms with Crippen LogP contribution in [0.25, 0.3) is 6.08 Å². The predicted molar refractivity (Wildman–Crippen MR) is 77.4 cm³/mol. The zero-order valence-corrected chi connectivity index (χ0v) is 11.0. The van der Waals surface area contributed by atoms with Gasteiger partial charge in [-0.05, 0) is 5.56 Å². The van der Waals surface area contributed by atoms with Gasteiger partial charge < -0.3 is 5.73 Å². The largest absolute Gasteiger partial charge is 0.382 e. The number of rotatable bonds is 4. The van der Waals surface area contributed by atoms with Crippen molar-refractivity contribution in [2.24, 2.45) is 0 Å². The maximum atomic E-state index is 8.72. The van der Waals surface area contributed by atoms with Gasteiger partial charge >= 0.3 is 0 Å². The SMILES string of the molecule is N#Cc1cnc(SCC=Cc2ccccc2)nc1N. The molecule has 2 aromatic rings. The van der Waals surface area contributed by atoms with E-state index in [0.717, 1.165) is 11.3 Å². The predicted octanol–water partition coefficient (Wildman–Crippen LogP) is 2.74. The summed E-state index contributed by atoms with van der Waals surface area (Å²) in [5, 5.41) is 9.30. The lowest BCUT2D eigenvalue weighted by Crippen LogP contribution is -1.98. The van der Waals surface area contributed by atoms with E-state index in [-0.39, 0.29) is 5.82 Å². The average Bonchev–Trinajstić information content (AvgIpc) is 2.45. The van der Waals surface area contributed by atoms with E-state index in [4.69, 9.17) is 11.0 Å². The summed E-state index contributed by atoms with van der Waals surface area (Å²) in [6, 6.07) is 12.0. The molecule has 0 amide bonds. The third-order valence-corrected chi connectivity index (χ3v) is 3.15. The molecule has 0 fully saturated rings. The van der Waals surface area contributed by atoms with Crippen LogP contribution < -0.4 is 5.73 Å². The van der Waals surface area contributed by atoms with E-state index in [2.05, 4.69) is 9.97 Å². The molecule has 1 aromatic carbocycles. The topological polar surface area (TPSA) is 75.6 Å². The minimum Gasteiger partial charge on any atom is -0.382 e. The number of benzene rings is 1. The molecule has 2 rings (SSSR count). The Morgan fingerprint density at radius 3 is 2.79 bits per heavy atom. The van der Waals surface area contributed by atoms with Crippen LogP contribution in [0.15, 0.2) is 47.8 Å². The summed E-state index contributed by atoms with van der Waals surface area (Å²) in [5.74, 6) is 0.979. The van der Waals surface area contributed by atoms with Crippen LogP contribution in [-0.4, -0.2) is 15.7 Å². The highest BCUT2D eigenvalue weighted by molar-refractivity contribution is 7.99. The Bertz CT molecular complexity index is 617. The number of nitrogen functional groups attached to an aromatic ring is 1. The Morgan fingerprint density at radius 1 is 1.32 bits per heavy atom. The molecule has 4 nitrogen and oxygen atoms in total. The van der Waals surface area contributed by atoms with Gasteiger partial charge in [-0.25, -0.2) is 9.97 Å². The number of thioether (sulfide) groups is 1. The summed E-state index contributed by atoms with van der Waals surface area (Å²) in [6.45, 7) is 0. The summed E-state index contributed by atoms with van der Waals surface area (Å²) in [7, 11) is 0. The lowest BCUT2D eigenvalue weighted by atomic mass is 10.2. The van der Waals surface area contributed by atoms with E-state index in [0.29, 0.717) is 10.7 Å². The van der Waals surface area contributed by atoms with Crippen LogP contribution in [0.4, 0.5) is 5.82 Å². The van der Waals surface area contributed by atoms with Gasteiger partial charge in [0.15, 0.2) is 5.16 Å². The van der Waals surface area contributed by atoms with E-state index in [9.17, 15) is 0 Å². The Kier molecular flexibility index (Phi) is 4.54. The zero-order valence-electron chi connectivity index (χ0n) is 10.2. The van der Waals surface area contributed by atoms with Gasteiger partial charge in [0, 0.05) is 5.75 Å². The van der Waals surface area contributed by atoms with Crippen molar-refractivity contribution in [3.05, 3.63) is 53.7 Å². The lowest BCUT2D eigenvalue weighted by molar-refractivity contribution is 0.971. The van der Waals surface area contributed by atoms with Crippen molar-refractivity contribution in [1.29, 1.82) is 5.26 Å². The maximum absolute atomic E-state index is 8.72. The molecule has 5 heteroatoms. The molecular formula is C14H12N4S. The summed E-state index contributed by atoms with van der Waals surface area (Å²) < 4.78 is 0. The molecule has 0 aliphatic heterocycles. The van der Waals surface area contributed by atoms with Gasteiger partial charge in [-0.15, -0.1) is 0 Å². The van der Waals surface area contributed by atoms with Crippen LogP contribution in [-0.2, 0) is 0 Å². The molecule has 0 saturated heterocycles. The quantitative estimate of drug-likeness (QED) is 0.681. The third-order valence-electron chi connectivity index (χ3n) is 2.34. The van der Waals surface area contributed by atoms with Gasteiger partial charge in [-0.2, -0.15) is 5.26 Å². The summed E-state index contributed by atoms with van der Waals surface area (Å²) in [5.41, 5.74) is 7.09. The lowest BCUT2D eigenvalue weighted by Gasteiger charge is -1.99. The Labute approximate surface area is 116 Å². The summed E-state index contributed by atoms with van der Waals surface area (Å²) in [4.78, 5) is 8.13. The second-order valence-corrected chi connectivity index (χ2v) is 4.67. The van der Waals surface area contributed by atoms with E-state index < -0.39 is 0 Å². The molecule has 0 unspecified atom stereocenters. The van der Waals surface area contributed by atoms with Gasteiger partial charge in [0.05, 0.1) is 6.20 Å². The van der Waals surface area contributed by atoms with Crippen LogP contribution in [0, 0.1) is 11.3 Å². The Hall–Kier alpha value is -2.32. The molecule has 1 aromatic heterocycles. The fourth-order valence-electron chi connectivity index (χ4n) is 1.40. The molecule has 0 atom stereocenters. The minimum absolute atomic E-state index is 0.229. The number of hydrogen-bond acceptors (Lipinski definition) is 5. The fourth-order valence-corrected chi connectivity index (χ4v) is 2.04. The van der Waals surface area contributed by atoms with Crippen LogP contribution in [0.2, 0.25) is 0 Å². The van der Waals surface area contributed by atoms with Crippen LogP contribution in [0.1, 0.15) is 11.1 Å². The second kappa shape index (κ2) is 6.57. The van der Waals surface area contributed by atoms with Crippen molar-refractivity contribution in [2.75, 3.05) is 11.5 Å². The van der Waals surface area contributed by atoms with Crippen molar-refractivity contribution in [3.8, 4) is 6.07 Å². The van der Waals surface area contributed by atoms with Crippen LogP contribution in [0.5, 0.6) is 0 Å². The van der Waals surface area contributed by atoms with Crippen LogP contribution >= 0.6 is 11.8 Å². The number of aromatic nitrogens is 2. The second-order valence-electron chi connectivity index (χ2n) is 3.69. The first-order chi connectivity index (χ1) is 9.29.